The minimum absolute atomic E-state index is 0.00339. The number of carbonyl (C=O) groups is 1. The number of fused-ring (bicyclic) bond motifs is 3. The number of hydrogen-bond acceptors (Lipinski definition) is 7. The van der Waals surface area contributed by atoms with Crippen molar-refractivity contribution in [1.29, 1.82) is 0 Å². The van der Waals surface area contributed by atoms with Crippen molar-refractivity contribution < 1.29 is 18.1 Å². The van der Waals surface area contributed by atoms with Crippen LogP contribution in [0.5, 0.6) is 0 Å². The molecule has 13 heteroatoms. The van der Waals surface area contributed by atoms with Gasteiger partial charge in [0.25, 0.3) is 15.7 Å². The second-order valence-electron chi connectivity index (χ2n) is 5.50. The molecule has 0 unspecified atom stereocenters. The van der Waals surface area contributed by atoms with Gasteiger partial charge in [0.05, 0.1) is 26.2 Å². The van der Waals surface area contributed by atoms with Crippen molar-refractivity contribution in [2.75, 3.05) is 7.05 Å². The second-order valence-corrected chi connectivity index (χ2v) is 7.47. The number of nitrogens with two attached hydrogens (primary N) is 1. The van der Waals surface area contributed by atoms with Crippen molar-refractivity contribution in [2.45, 2.75) is 4.90 Å². The Balaban J connectivity index is 2.45. The maximum Gasteiger partial charge on any atom is 0.328 e. The third-order valence-electron chi connectivity index (χ3n) is 3.95. The van der Waals surface area contributed by atoms with Gasteiger partial charge in [0.1, 0.15) is 0 Å². The molecule has 0 spiro atoms. The number of hydrogen-bond donors (Lipinski definition) is 3. The molecule has 12 nitrogen and oxygen atoms in total. The highest BCUT2D eigenvalue weighted by atomic mass is 32.2. The first-order valence-corrected chi connectivity index (χ1v) is 8.64. The summed E-state index contributed by atoms with van der Waals surface area (Å²) < 4.78 is 25.1. The molecule has 0 bridgehead atoms. The Morgan fingerprint density at radius 3 is 2.37 bits per heavy atom. The molecule has 0 fully saturated rings. The molecule has 140 valence electrons. The zero-order valence-corrected chi connectivity index (χ0v) is 14.4. The van der Waals surface area contributed by atoms with Crippen molar-refractivity contribution >= 4 is 43.5 Å². The number of aromatic nitrogens is 2. The van der Waals surface area contributed by atoms with Gasteiger partial charge in [-0.3, -0.25) is 19.7 Å². The van der Waals surface area contributed by atoms with Gasteiger partial charge in [-0.25, -0.2) is 17.5 Å². The van der Waals surface area contributed by atoms with Crippen LogP contribution in [0.4, 0.5) is 10.5 Å². The van der Waals surface area contributed by atoms with Crippen molar-refractivity contribution in [3.05, 3.63) is 55.1 Å². The largest absolute Gasteiger partial charge is 0.351 e. The lowest BCUT2D eigenvalue weighted by Crippen LogP contribution is -2.37. The molecule has 3 rings (SSSR count). The number of nitro benzene ring substituents is 1. The molecule has 0 saturated carbocycles. The monoisotopic (exact) mass is 393 g/mol. The van der Waals surface area contributed by atoms with Crippen LogP contribution in [0, 0.1) is 10.1 Å². The Hall–Kier alpha value is -3.74. The molecule has 27 heavy (non-hydrogen) atoms. The van der Waals surface area contributed by atoms with Gasteiger partial charge in [-0.15, -0.1) is 0 Å². The van der Waals surface area contributed by atoms with Gasteiger partial charge in [-0.2, -0.15) is 0 Å². The van der Waals surface area contributed by atoms with Gasteiger partial charge in [0.2, 0.25) is 0 Å². The van der Waals surface area contributed by atoms with Crippen LogP contribution in [-0.2, 0) is 10.0 Å². The fourth-order valence-corrected chi connectivity index (χ4v) is 3.62. The predicted octanol–water partition coefficient (Wildman–Crippen LogP) is -0.0230. The van der Waals surface area contributed by atoms with Crippen LogP contribution in [0.2, 0.25) is 0 Å². The highest BCUT2D eigenvalue weighted by molar-refractivity contribution is 7.89. The second kappa shape index (κ2) is 5.91. The molecule has 0 radical (unpaired) electrons. The number of urea groups is 1. The quantitative estimate of drug-likeness (QED) is 0.241. The molecule has 3 aromatic rings. The molecule has 0 aliphatic carbocycles. The summed E-state index contributed by atoms with van der Waals surface area (Å²) in [6, 6.07) is 3.09. The van der Waals surface area contributed by atoms with Crippen LogP contribution in [0.25, 0.3) is 21.8 Å². The minimum atomic E-state index is -4.33. The number of nitrogens with one attached hydrogen (secondary N) is 2. The Kier molecular flexibility index (Phi) is 3.95. The van der Waals surface area contributed by atoms with E-state index in [1.807, 2.05) is 0 Å². The highest BCUT2D eigenvalue weighted by Crippen LogP contribution is 2.33. The summed E-state index contributed by atoms with van der Waals surface area (Å²) >= 11 is 0. The summed E-state index contributed by atoms with van der Waals surface area (Å²) in [6.07, 6.45) is 0. The SMILES string of the molecule is CN(C(N)=O)S(=O)(=O)c1ccc2c(c1)c([N+](=O)[O-])cc1[nH]c(=O)c(=O)[nH]c12. The summed E-state index contributed by atoms with van der Waals surface area (Å²) in [4.78, 5) is 49.1. The van der Waals surface area contributed by atoms with Crippen molar-refractivity contribution in [3.8, 4) is 0 Å². The number of non-ortho nitro benzene ring substituents is 1. The number of nitrogens with zero attached hydrogens (tertiary/aromatic N) is 2. The number of benzene rings is 2. The standard InChI is InChI=1S/C14H11N5O7S/c1-18(14(15)22)27(25,26)6-2-3-7-8(4-6)10(19(23)24)5-9-11(7)17-13(21)12(20)16-9/h2-5H,1H3,(H2,15,22)(H,16,20)(H,17,21). The molecule has 2 aromatic carbocycles. The van der Waals surface area contributed by atoms with E-state index < -0.39 is 42.7 Å². The van der Waals surface area contributed by atoms with Gasteiger partial charge < -0.3 is 15.7 Å². The normalized spacial score (nSPS) is 11.6. The maximum absolute atomic E-state index is 12.4. The van der Waals surface area contributed by atoms with Crippen LogP contribution in [0.3, 0.4) is 0 Å². The van der Waals surface area contributed by atoms with Gasteiger partial charge in [0, 0.05) is 18.5 Å². The Labute approximate surface area is 149 Å². The van der Waals surface area contributed by atoms with Crippen LogP contribution >= 0.6 is 0 Å². The van der Waals surface area contributed by atoms with Crippen LogP contribution in [-0.4, -0.2) is 40.7 Å². The van der Waals surface area contributed by atoms with Crippen LogP contribution < -0.4 is 16.9 Å². The topological polar surface area (TPSA) is 189 Å². The number of aromatic amines is 2. The zero-order chi connectivity index (χ0) is 20.1. The summed E-state index contributed by atoms with van der Waals surface area (Å²) in [5.74, 6) is 0. The lowest BCUT2D eigenvalue weighted by molar-refractivity contribution is -0.383. The molecular formula is C14H11N5O7S. The van der Waals surface area contributed by atoms with E-state index >= 15 is 0 Å². The summed E-state index contributed by atoms with van der Waals surface area (Å²) in [6.45, 7) is 0. The van der Waals surface area contributed by atoms with E-state index in [9.17, 15) is 32.9 Å². The fourth-order valence-electron chi connectivity index (χ4n) is 2.56. The molecule has 2 amide bonds. The number of amides is 2. The zero-order valence-electron chi connectivity index (χ0n) is 13.5. The van der Waals surface area contributed by atoms with E-state index in [1.165, 1.54) is 6.07 Å². The first-order valence-electron chi connectivity index (χ1n) is 7.20. The van der Waals surface area contributed by atoms with Gasteiger partial charge in [0.15, 0.2) is 0 Å². The van der Waals surface area contributed by atoms with Crippen LogP contribution in [0.1, 0.15) is 0 Å². The van der Waals surface area contributed by atoms with E-state index in [4.69, 9.17) is 5.73 Å². The number of carbonyl (C=O) groups excluding carboxylic acids is 1. The van der Waals surface area contributed by atoms with Crippen molar-refractivity contribution in [1.82, 2.24) is 14.3 Å². The third kappa shape index (κ3) is 2.79. The summed E-state index contributed by atoms with van der Waals surface area (Å²) in [7, 11) is -3.39. The summed E-state index contributed by atoms with van der Waals surface area (Å²) in [5.41, 5.74) is 2.62. The van der Waals surface area contributed by atoms with Crippen molar-refractivity contribution in [2.24, 2.45) is 5.73 Å². The predicted molar refractivity (Wildman–Crippen MR) is 93.9 cm³/mol. The molecule has 0 aliphatic heterocycles. The Morgan fingerprint density at radius 2 is 1.78 bits per heavy atom. The average Bonchev–Trinajstić information content (AvgIpc) is 2.60. The van der Waals surface area contributed by atoms with E-state index in [1.54, 1.807) is 0 Å². The van der Waals surface area contributed by atoms with E-state index in [0.29, 0.717) is 4.31 Å². The van der Waals surface area contributed by atoms with E-state index in [2.05, 4.69) is 9.97 Å². The molecule has 1 heterocycles. The lowest BCUT2D eigenvalue weighted by Gasteiger charge is -2.15. The van der Waals surface area contributed by atoms with E-state index in [0.717, 1.165) is 25.2 Å². The average molecular weight is 393 g/mol. The van der Waals surface area contributed by atoms with Gasteiger partial charge in [-0.1, -0.05) is 6.07 Å². The molecule has 0 saturated heterocycles. The number of primary amides is 1. The first-order chi connectivity index (χ1) is 12.5. The number of H-pyrrole nitrogens is 2. The molecule has 1 aromatic heterocycles. The van der Waals surface area contributed by atoms with Crippen LogP contribution in [0.15, 0.2) is 38.8 Å². The van der Waals surface area contributed by atoms with Crippen molar-refractivity contribution in [3.63, 3.8) is 0 Å². The third-order valence-corrected chi connectivity index (χ3v) is 5.70. The Bertz CT molecular complexity index is 1360. The Morgan fingerprint density at radius 1 is 1.15 bits per heavy atom. The van der Waals surface area contributed by atoms with Gasteiger partial charge in [-0.05, 0) is 12.1 Å². The van der Waals surface area contributed by atoms with Gasteiger partial charge >= 0.3 is 17.1 Å². The minimum Gasteiger partial charge on any atom is -0.351 e. The fraction of sp³-hybridized carbons (Fsp3) is 0.0714. The number of nitro groups is 1. The smallest absolute Gasteiger partial charge is 0.328 e. The highest BCUT2D eigenvalue weighted by Gasteiger charge is 2.26. The lowest BCUT2D eigenvalue weighted by atomic mass is 10.1. The number of sulfonamides is 1. The molecule has 4 N–H and O–H groups in total. The molecular weight excluding hydrogens is 382 g/mol. The number of rotatable bonds is 3. The first kappa shape index (κ1) is 18.1. The van der Waals surface area contributed by atoms with E-state index in [-0.39, 0.29) is 21.8 Å². The summed E-state index contributed by atoms with van der Waals surface area (Å²) in [5, 5.41) is 11.4. The maximum atomic E-state index is 12.4. The molecule has 0 atom stereocenters. The molecule has 0 aliphatic rings.